The number of fused-ring (bicyclic) bond motifs is 5. The highest BCUT2D eigenvalue weighted by atomic mass is 14.9. The van der Waals surface area contributed by atoms with Gasteiger partial charge in [0.1, 0.15) is 0 Å². The lowest BCUT2D eigenvalue weighted by Gasteiger charge is -2.60. The van der Waals surface area contributed by atoms with Crippen LogP contribution in [-0.2, 0) is 0 Å². The molecule has 120 valence electrons. The van der Waals surface area contributed by atoms with Crippen LogP contribution in [0.25, 0.3) is 0 Å². The van der Waals surface area contributed by atoms with Crippen molar-refractivity contribution in [2.45, 2.75) is 72.1 Å². The fourth-order valence-corrected chi connectivity index (χ4v) is 7.67. The van der Waals surface area contributed by atoms with Crippen LogP contribution in [0.2, 0.25) is 0 Å². The van der Waals surface area contributed by atoms with Gasteiger partial charge in [0, 0.05) is 0 Å². The molecule has 1 unspecified atom stereocenters. The molecule has 7 atom stereocenters. The van der Waals surface area contributed by atoms with Crippen LogP contribution in [0, 0.1) is 40.4 Å². The fourth-order valence-electron chi connectivity index (χ4n) is 7.67. The molecule has 21 heavy (non-hydrogen) atoms. The SMILES string of the molecule is CC[C@H]1CC[C@H]2[C@@H]3CCC4CNCC[C@]4(C)[C@H]3CC[C@]12C. The topological polar surface area (TPSA) is 12.0 Å². The first-order valence-electron chi connectivity index (χ1n) is 9.80. The zero-order valence-electron chi connectivity index (χ0n) is 14.5. The molecule has 3 aliphatic carbocycles. The van der Waals surface area contributed by atoms with Crippen molar-refractivity contribution in [1.82, 2.24) is 5.32 Å². The van der Waals surface area contributed by atoms with Gasteiger partial charge in [-0.2, -0.15) is 0 Å². The van der Waals surface area contributed by atoms with Crippen LogP contribution in [0.5, 0.6) is 0 Å². The highest BCUT2D eigenvalue weighted by Gasteiger charge is 2.59. The molecule has 1 heterocycles. The van der Waals surface area contributed by atoms with Crippen LogP contribution in [0.4, 0.5) is 0 Å². The average molecular weight is 290 g/mol. The third kappa shape index (κ3) is 1.92. The molecule has 1 saturated heterocycles. The second kappa shape index (κ2) is 4.98. The minimum atomic E-state index is 0.666. The lowest BCUT2D eigenvalue weighted by Crippen LogP contribution is -2.56. The minimum absolute atomic E-state index is 0.666. The molecule has 0 amide bonds. The summed E-state index contributed by atoms with van der Waals surface area (Å²) in [6, 6.07) is 0. The van der Waals surface area contributed by atoms with Crippen molar-refractivity contribution in [1.29, 1.82) is 0 Å². The van der Waals surface area contributed by atoms with Crippen molar-refractivity contribution < 1.29 is 0 Å². The Bertz CT molecular complexity index is 405. The summed E-state index contributed by atoms with van der Waals surface area (Å²) in [5.41, 5.74) is 1.37. The monoisotopic (exact) mass is 289 g/mol. The van der Waals surface area contributed by atoms with Gasteiger partial charge in [-0.1, -0.05) is 27.2 Å². The Labute approximate surface area is 131 Å². The van der Waals surface area contributed by atoms with Crippen molar-refractivity contribution in [3.05, 3.63) is 0 Å². The normalized spacial score (nSPS) is 56.4. The molecular formula is C20H35N. The second-order valence-electron chi connectivity index (χ2n) is 9.34. The maximum Gasteiger partial charge on any atom is -0.00152 e. The molecule has 1 N–H and O–H groups in total. The Morgan fingerprint density at radius 2 is 1.71 bits per heavy atom. The van der Waals surface area contributed by atoms with Crippen LogP contribution in [0.3, 0.4) is 0 Å². The summed E-state index contributed by atoms with van der Waals surface area (Å²) < 4.78 is 0. The van der Waals surface area contributed by atoms with E-state index in [9.17, 15) is 0 Å². The molecule has 0 bridgehead atoms. The van der Waals surface area contributed by atoms with Crippen LogP contribution in [-0.4, -0.2) is 13.1 Å². The Kier molecular flexibility index (Phi) is 3.45. The summed E-state index contributed by atoms with van der Waals surface area (Å²) in [5.74, 6) is 5.18. The van der Waals surface area contributed by atoms with E-state index < -0.39 is 0 Å². The van der Waals surface area contributed by atoms with Gasteiger partial charge in [0.15, 0.2) is 0 Å². The number of hydrogen-bond donors (Lipinski definition) is 1. The smallest absolute Gasteiger partial charge is 0.00152 e. The zero-order valence-corrected chi connectivity index (χ0v) is 14.5. The van der Waals surface area contributed by atoms with E-state index >= 15 is 0 Å². The Morgan fingerprint density at radius 1 is 0.905 bits per heavy atom. The molecule has 3 saturated carbocycles. The standard InChI is InChI=1S/C20H35N/c1-4-14-6-8-17-16-7-5-15-13-21-12-11-20(15,3)18(16)9-10-19(14,17)2/h14-18,21H,4-13H2,1-3H3/t14-,15?,16-,17-,18-,19+,20-/m0/s1. The van der Waals surface area contributed by atoms with Gasteiger partial charge >= 0.3 is 0 Å². The van der Waals surface area contributed by atoms with Crippen LogP contribution < -0.4 is 5.32 Å². The predicted molar refractivity (Wildman–Crippen MR) is 89.1 cm³/mol. The van der Waals surface area contributed by atoms with E-state index in [1.165, 1.54) is 45.2 Å². The number of hydrogen-bond acceptors (Lipinski definition) is 1. The molecule has 0 spiro atoms. The molecule has 4 fully saturated rings. The predicted octanol–water partition coefficient (Wildman–Crippen LogP) is 4.86. The summed E-state index contributed by atoms with van der Waals surface area (Å²) in [5, 5.41) is 3.67. The van der Waals surface area contributed by atoms with Crippen LogP contribution >= 0.6 is 0 Å². The molecule has 1 aliphatic heterocycles. The summed E-state index contributed by atoms with van der Waals surface area (Å²) in [6.45, 7) is 10.4. The molecule has 1 heteroatoms. The van der Waals surface area contributed by atoms with Crippen molar-refractivity contribution in [2.75, 3.05) is 13.1 Å². The van der Waals surface area contributed by atoms with Gasteiger partial charge in [0.2, 0.25) is 0 Å². The van der Waals surface area contributed by atoms with E-state index in [1.807, 2.05) is 0 Å². The molecule has 1 nitrogen and oxygen atoms in total. The lowest BCUT2D eigenvalue weighted by molar-refractivity contribution is -0.106. The van der Waals surface area contributed by atoms with E-state index in [2.05, 4.69) is 26.1 Å². The summed E-state index contributed by atoms with van der Waals surface area (Å²) in [4.78, 5) is 0. The van der Waals surface area contributed by atoms with Gasteiger partial charge in [-0.25, -0.2) is 0 Å². The maximum atomic E-state index is 3.67. The Hall–Kier alpha value is -0.0400. The molecule has 4 aliphatic rings. The highest BCUT2D eigenvalue weighted by molar-refractivity contribution is 5.08. The van der Waals surface area contributed by atoms with Gasteiger partial charge in [-0.3, -0.25) is 0 Å². The second-order valence-corrected chi connectivity index (χ2v) is 9.34. The number of nitrogens with one attached hydrogen (secondary N) is 1. The van der Waals surface area contributed by atoms with Gasteiger partial charge in [-0.05, 0) is 98.5 Å². The average Bonchev–Trinajstić information content (AvgIpc) is 2.83. The highest BCUT2D eigenvalue weighted by Crippen LogP contribution is 2.66. The quantitative estimate of drug-likeness (QED) is 0.726. The first-order chi connectivity index (χ1) is 10.1. The molecular weight excluding hydrogens is 254 g/mol. The van der Waals surface area contributed by atoms with Crippen LogP contribution in [0.1, 0.15) is 72.1 Å². The summed E-state index contributed by atoms with van der Waals surface area (Å²) in [6.07, 6.45) is 12.1. The maximum absolute atomic E-state index is 3.67. The van der Waals surface area contributed by atoms with E-state index in [1.54, 1.807) is 19.3 Å². The van der Waals surface area contributed by atoms with Gasteiger partial charge in [0.05, 0.1) is 0 Å². The summed E-state index contributed by atoms with van der Waals surface area (Å²) >= 11 is 0. The van der Waals surface area contributed by atoms with Crippen LogP contribution in [0.15, 0.2) is 0 Å². The number of piperidine rings is 1. The Morgan fingerprint density at radius 3 is 2.52 bits per heavy atom. The van der Waals surface area contributed by atoms with Crippen molar-refractivity contribution in [3.8, 4) is 0 Å². The molecule has 0 aromatic heterocycles. The van der Waals surface area contributed by atoms with E-state index in [-0.39, 0.29) is 0 Å². The Balaban J connectivity index is 1.62. The third-order valence-corrected chi connectivity index (χ3v) is 8.99. The minimum Gasteiger partial charge on any atom is -0.316 e. The third-order valence-electron chi connectivity index (χ3n) is 8.99. The van der Waals surface area contributed by atoms with E-state index in [0.717, 1.165) is 29.6 Å². The largest absolute Gasteiger partial charge is 0.316 e. The van der Waals surface area contributed by atoms with Crippen molar-refractivity contribution >= 4 is 0 Å². The lowest BCUT2D eigenvalue weighted by atomic mass is 9.46. The molecule has 0 radical (unpaired) electrons. The summed E-state index contributed by atoms with van der Waals surface area (Å²) in [7, 11) is 0. The van der Waals surface area contributed by atoms with Crippen molar-refractivity contribution in [3.63, 3.8) is 0 Å². The molecule has 0 aromatic carbocycles. The van der Waals surface area contributed by atoms with E-state index in [4.69, 9.17) is 0 Å². The number of rotatable bonds is 1. The zero-order chi connectivity index (χ0) is 14.7. The molecule has 4 rings (SSSR count). The van der Waals surface area contributed by atoms with Gasteiger partial charge in [0.25, 0.3) is 0 Å². The van der Waals surface area contributed by atoms with Gasteiger partial charge < -0.3 is 5.32 Å². The van der Waals surface area contributed by atoms with E-state index in [0.29, 0.717) is 10.8 Å². The first-order valence-corrected chi connectivity index (χ1v) is 9.80. The van der Waals surface area contributed by atoms with Crippen molar-refractivity contribution in [2.24, 2.45) is 40.4 Å². The first kappa shape index (κ1) is 14.5. The fraction of sp³-hybridized carbons (Fsp3) is 1.00. The van der Waals surface area contributed by atoms with Gasteiger partial charge in [-0.15, -0.1) is 0 Å². The molecule has 0 aromatic rings.